The van der Waals surface area contributed by atoms with E-state index < -0.39 is 39.7 Å². The summed E-state index contributed by atoms with van der Waals surface area (Å²) in [5.74, 6) is -2.22. The predicted molar refractivity (Wildman–Crippen MR) is 110 cm³/mol. The summed E-state index contributed by atoms with van der Waals surface area (Å²) in [7, 11) is -3.80. The third-order valence-corrected chi connectivity index (χ3v) is 7.99. The van der Waals surface area contributed by atoms with Crippen molar-refractivity contribution in [2.75, 3.05) is 13.1 Å². The Kier molecular flexibility index (Phi) is 4.18. The maximum absolute atomic E-state index is 13.1. The van der Waals surface area contributed by atoms with Crippen molar-refractivity contribution in [2.24, 2.45) is 5.92 Å². The minimum atomic E-state index is -3.80. The highest BCUT2D eigenvalue weighted by Gasteiger charge is 2.56. The molecule has 0 unspecified atom stereocenters. The predicted octanol–water partition coefficient (Wildman–Crippen LogP) is 1.59. The fourth-order valence-corrected chi connectivity index (χ4v) is 5.95. The quantitative estimate of drug-likeness (QED) is 0.537. The van der Waals surface area contributed by atoms with Gasteiger partial charge in [-0.1, -0.05) is 36.4 Å². The number of rotatable bonds is 3. The summed E-state index contributed by atoms with van der Waals surface area (Å²) in [5, 5.41) is 1.94. The molecule has 0 aromatic heterocycles. The van der Waals surface area contributed by atoms with Crippen LogP contribution in [0.1, 0.15) is 26.3 Å². The number of hydrazine groups is 1. The molecule has 2 aromatic carbocycles. The number of carbonyl (C=O) groups excluding carboxylic acids is 3. The van der Waals surface area contributed by atoms with E-state index in [1.54, 1.807) is 36.4 Å². The standard InChI is InChI=1S/C22H19N3O5S/c1-13-7-9-15(10-8-13)31(29,30)23-11-18-14(2)20(26)24(19(18)12-23)25-21(27)16-5-3-4-6-17(16)22(25)28/h3-10,18-19H,2,11-12H2,1H3/t18-,19-/m1/s1. The van der Waals surface area contributed by atoms with Gasteiger partial charge in [-0.25, -0.2) is 13.4 Å². The highest BCUT2D eigenvalue weighted by Crippen LogP contribution is 2.40. The van der Waals surface area contributed by atoms with Crippen LogP contribution in [-0.4, -0.2) is 59.6 Å². The summed E-state index contributed by atoms with van der Waals surface area (Å²) in [5.41, 5.74) is 1.57. The molecule has 3 aliphatic rings. The molecule has 2 aromatic rings. The van der Waals surface area contributed by atoms with E-state index in [9.17, 15) is 22.8 Å². The van der Waals surface area contributed by atoms with Crippen LogP contribution in [0.25, 0.3) is 0 Å². The highest BCUT2D eigenvalue weighted by atomic mass is 32.2. The second kappa shape index (κ2) is 6.60. The molecular formula is C22H19N3O5S. The summed E-state index contributed by atoms with van der Waals surface area (Å²) in [6, 6.07) is 12.2. The van der Waals surface area contributed by atoms with Crippen LogP contribution in [0.15, 0.2) is 65.6 Å². The number of nitrogens with zero attached hydrogens (tertiary/aromatic N) is 3. The van der Waals surface area contributed by atoms with Gasteiger partial charge in [-0.3, -0.25) is 14.4 Å². The number of benzene rings is 2. The number of hydrogen-bond donors (Lipinski definition) is 0. The van der Waals surface area contributed by atoms with Crippen LogP contribution in [0, 0.1) is 12.8 Å². The van der Waals surface area contributed by atoms with Crippen molar-refractivity contribution in [3.8, 4) is 0 Å². The number of amides is 3. The van der Waals surface area contributed by atoms with Crippen LogP contribution in [0.4, 0.5) is 0 Å². The Hall–Kier alpha value is -3.30. The zero-order valence-electron chi connectivity index (χ0n) is 16.7. The van der Waals surface area contributed by atoms with E-state index in [0.29, 0.717) is 0 Å². The summed E-state index contributed by atoms with van der Waals surface area (Å²) < 4.78 is 27.6. The number of fused-ring (bicyclic) bond motifs is 2. The van der Waals surface area contributed by atoms with Crippen molar-refractivity contribution in [1.29, 1.82) is 0 Å². The molecule has 0 aliphatic carbocycles. The lowest BCUT2D eigenvalue weighted by molar-refractivity contribution is -0.136. The summed E-state index contributed by atoms with van der Waals surface area (Å²) in [6.07, 6.45) is 0. The molecule has 2 fully saturated rings. The normalized spacial score (nSPS) is 23.6. The van der Waals surface area contributed by atoms with Gasteiger partial charge in [0.2, 0.25) is 10.0 Å². The number of imide groups is 1. The van der Waals surface area contributed by atoms with E-state index in [0.717, 1.165) is 15.6 Å². The van der Waals surface area contributed by atoms with E-state index in [4.69, 9.17) is 0 Å². The molecule has 0 saturated carbocycles. The number of aryl methyl sites for hydroxylation is 1. The van der Waals surface area contributed by atoms with Crippen molar-refractivity contribution >= 4 is 27.7 Å². The lowest BCUT2D eigenvalue weighted by Gasteiger charge is -2.31. The van der Waals surface area contributed by atoms with Crippen LogP contribution in [0.3, 0.4) is 0 Å². The van der Waals surface area contributed by atoms with Crippen LogP contribution in [0.2, 0.25) is 0 Å². The van der Waals surface area contributed by atoms with Gasteiger partial charge in [-0.05, 0) is 31.2 Å². The van der Waals surface area contributed by atoms with Gasteiger partial charge in [0.05, 0.1) is 22.1 Å². The van der Waals surface area contributed by atoms with Crippen LogP contribution >= 0.6 is 0 Å². The minimum absolute atomic E-state index is 0.0287. The molecular weight excluding hydrogens is 418 g/mol. The second-order valence-corrected chi connectivity index (χ2v) is 9.89. The van der Waals surface area contributed by atoms with E-state index in [2.05, 4.69) is 6.58 Å². The maximum atomic E-state index is 13.1. The van der Waals surface area contributed by atoms with E-state index in [-0.39, 0.29) is 34.7 Å². The van der Waals surface area contributed by atoms with Gasteiger partial charge < -0.3 is 0 Å². The average molecular weight is 437 g/mol. The van der Waals surface area contributed by atoms with Crippen LogP contribution in [-0.2, 0) is 14.8 Å². The van der Waals surface area contributed by atoms with Gasteiger partial charge in [-0.2, -0.15) is 9.31 Å². The average Bonchev–Trinajstić information content (AvgIpc) is 3.37. The molecule has 0 spiro atoms. The fourth-order valence-electron chi connectivity index (χ4n) is 4.46. The maximum Gasteiger partial charge on any atom is 0.280 e. The monoisotopic (exact) mass is 437 g/mol. The minimum Gasteiger partial charge on any atom is -0.268 e. The molecule has 31 heavy (non-hydrogen) atoms. The smallest absolute Gasteiger partial charge is 0.268 e. The molecule has 2 atom stereocenters. The Morgan fingerprint density at radius 1 is 0.871 bits per heavy atom. The van der Waals surface area contributed by atoms with E-state index >= 15 is 0 Å². The highest BCUT2D eigenvalue weighted by molar-refractivity contribution is 7.89. The lowest BCUT2D eigenvalue weighted by atomic mass is 10.0. The van der Waals surface area contributed by atoms with Crippen molar-refractivity contribution in [3.63, 3.8) is 0 Å². The Morgan fingerprint density at radius 3 is 2.03 bits per heavy atom. The van der Waals surface area contributed by atoms with Gasteiger partial charge in [0.15, 0.2) is 0 Å². The number of hydrogen-bond acceptors (Lipinski definition) is 5. The third kappa shape index (κ3) is 2.70. The number of sulfonamides is 1. The SMILES string of the molecule is C=C1C(=O)N(N2C(=O)c3ccccc3C2=O)[C@@H]2CN(S(=O)(=O)c3ccc(C)cc3)C[C@H]12. The Morgan fingerprint density at radius 2 is 1.45 bits per heavy atom. The molecule has 3 heterocycles. The Balaban J connectivity index is 1.48. The molecule has 0 bridgehead atoms. The van der Waals surface area contributed by atoms with Gasteiger partial charge in [0.1, 0.15) is 0 Å². The zero-order chi connectivity index (χ0) is 22.1. The molecule has 158 valence electrons. The zero-order valence-corrected chi connectivity index (χ0v) is 17.5. The van der Waals surface area contributed by atoms with Gasteiger partial charge in [-0.15, -0.1) is 0 Å². The Bertz CT molecular complexity index is 1230. The van der Waals surface area contributed by atoms with Gasteiger partial charge in [0, 0.05) is 24.6 Å². The van der Waals surface area contributed by atoms with Crippen molar-refractivity contribution in [1.82, 2.24) is 14.3 Å². The largest absolute Gasteiger partial charge is 0.280 e. The third-order valence-electron chi connectivity index (χ3n) is 6.15. The number of carbonyl (C=O) groups is 3. The van der Waals surface area contributed by atoms with E-state index in [1.807, 2.05) is 6.92 Å². The Labute approximate surface area is 179 Å². The molecule has 5 rings (SSSR count). The molecule has 0 N–H and O–H groups in total. The first-order valence-corrected chi connectivity index (χ1v) is 11.2. The first-order chi connectivity index (χ1) is 14.7. The summed E-state index contributed by atoms with van der Waals surface area (Å²) in [4.78, 5) is 38.9. The molecule has 3 aliphatic heterocycles. The van der Waals surface area contributed by atoms with Crippen LogP contribution < -0.4 is 0 Å². The van der Waals surface area contributed by atoms with Crippen LogP contribution in [0.5, 0.6) is 0 Å². The molecule has 3 amide bonds. The first-order valence-electron chi connectivity index (χ1n) is 9.78. The van der Waals surface area contributed by atoms with Crippen molar-refractivity contribution in [3.05, 3.63) is 77.4 Å². The van der Waals surface area contributed by atoms with E-state index in [1.165, 1.54) is 16.4 Å². The molecule has 2 saturated heterocycles. The summed E-state index contributed by atoms with van der Waals surface area (Å²) >= 11 is 0. The van der Waals surface area contributed by atoms with Gasteiger partial charge in [0.25, 0.3) is 17.7 Å². The van der Waals surface area contributed by atoms with Crippen molar-refractivity contribution in [2.45, 2.75) is 17.9 Å². The molecule has 8 nitrogen and oxygen atoms in total. The topological polar surface area (TPSA) is 95.1 Å². The first kappa shape index (κ1) is 19.7. The van der Waals surface area contributed by atoms with Gasteiger partial charge >= 0.3 is 0 Å². The molecule has 9 heteroatoms. The summed E-state index contributed by atoms with van der Waals surface area (Å²) in [6.45, 7) is 5.74. The molecule has 0 radical (unpaired) electrons. The van der Waals surface area contributed by atoms with Crippen molar-refractivity contribution < 1.29 is 22.8 Å². The second-order valence-electron chi connectivity index (χ2n) is 7.95. The lowest BCUT2D eigenvalue weighted by Crippen LogP contribution is -2.53. The fraction of sp³-hybridized carbons (Fsp3) is 0.227.